The van der Waals surface area contributed by atoms with Crippen molar-refractivity contribution in [3.05, 3.63) is 64.8 Å². The number of hydrogen-bond donors (Lipinski definition) is 2. The van der Waals surface area contributed by atoms with Crippen LogP contribution in [0.4, 0.5) is 5.69 Å². The zero-order valence-electron chi connectivity index (χ0n) is 14.6. The molecular weight excluding hydrogens is 298 g/mol. The van der Waals surface area contributed by atoms with Crippen LogP contribution < -0.4 is 10.2 Å². The minimum absolute atomic E-state index is 0.0847. The van der Waals surface area contributed by atoms with Gasteiger partial charge in [0.25, 0.3) is 5.91 Å². The maximum absolute atomic E-state index is 12.4. The summed E-state index contributed by atoms with van der Waals surface area (Å²) in [4.78, 5) is 17.7. The van der Waals surface area contributed by atoms with Crippen LogP contribution in [-0.4, -0.2) is 25.0 Å². The number of fused-ring (bicyclic) bond motifs is 1. The second-order valence-corrected chi connectivity index (χ2v) is 6.47. The quantitative estimate of drug-likeness (QED) is 0.768. The minimum Gasteiger partial charge on any atom is -0.378 e. The fraction of sp³-hybridized carbons (Fsp3) is 0.250. The van der Waals surface area contributed by atoms with Gasteiger partial charge in [0.1, 0.15) is 5.69 Å². The number of rotatable bonds is 4. The molecule has 1 amide bonds. The molecule has 0 radical (unpaired) electrons. The molecule has 0 saturated heterocycles. The van der Waals surface area contributed by atoms with Gasteiger partial charge in [-0.15, -0.1) is 0 Å². The molecule has 0 aliphatic carbocycles. The van der Waals surface area contributed by atoms with Gasteiger partial charge in [-0.2, -0.15) is 0 Å². The van der Waals surface area contributed by atoms with Gasteiger partial charge in [-0.25, -0.2) is 0 Å². The molecule has 2 N–H and O–H groups in total. The molecule has 24 heavy (non-hydrogen) atoms. The Labute approximate surface area is 142 Å². The number of carbonyl (C=O) groups excluding carboxylic acids is 1. The lowest BCUT2D eigenvalue weighted by Gasteiger charge is -2.13. The van der Waals surface area contributed by atoms with Crippen molar-refractivity contribution in [3.8, 4) is 0 Å². The van der Waals surface area contributed by atoms with E-state index in [1.54, 1.807) is 0 Å². The van der Waals surface area contributed by atoms with Crippen LogP contribution >= 0.6 is 0 Å². The Hall–Kier alpha value is -2.75. The highest BCUT2D eigenvalue weighted by atomic mass is 16.1. The molecule has 0 saturated carbocycles. The highest BCUT2D eigenvalue weighted by Crippen LogP contribution is 2.21. The van der Waals surface area contributed by atoms with Crippen LogP contribution in [0.3, 0.4) is 0 Å². The van der Waals surface area contributed by atoms with Gasteiger partial charge in [-0.05, 0) is 54.8 Å². The van der Waals surface area contributed by atoms with Crippen molar-refractivity contribution in [2.24, 2.45) is 0 Å². The van der Waals surface area contributed by atoms with E-state index < -0.39 is 0 Å². The minimum atomic E-state index is -0.0847. The number of nitrogens with zero attached hydrogens (tertiary/aromatic N) is 1. The van der Waals surface area contributed by atoms with Crippen LogP contribution in [0.1, 0.15) is 27.2 Å². The summed E-state index contributed by atoms with van der Waals surface area (Å²) in [5.74, 6) is -0.0847. The number of carbonyl (C=O) groups is 1. The number of hydrogen-bond acceptors (Lipinski definition) is 2. The molecule has 124 valence electrons. The molecule has 3 rings (SSSR count). The van der Waals surface area contributed by atoms with Crippen molar-refractivity contribution >= 4 is 22.5 Å². The number of benzene rings is 2. The molecule has 4 heteroatoms. The number of amides is 1. The lowest BCUT2D eigenvalue weighted by Crippen LogP contribution is -2.23. The smallest absolute Gasteiger partial charge is 0.267 e. The summed E-state index contributed by atoms with van der Waals surface area (Å²) in [7, 11) is 4.01. The maximum atomic E-state index is 12.4. The van der Waals surface area contributed by atoms with Gasteiger partial charge >= 0.3 is 0 Å². The van der Waals surface area contributed by atoms with E-state index in [-0.39, 0.29) is 5.91 Å². The second-order valence-electron chi connectivity index (χ2n) is 6.47. The number of aryl methyl sites for hydroxylation is 2. The van der Waals surface area contributed by atoms with E-state index in [2.05, 4.69) is 42.3 Å². The van der Waals surface area contributed by atoms with Gasteiger partial charge in [0, 0.05) is 37.2 Å². The van der Waals surface area contributed by atoms with Gasteiger partial charge in [-0.3, -0.25) is 4.79 Å². The van der Waals surface area contributed by atoms with E-state index in [1.807, 2.05) is 43.3 Å². The summed E-state index contributed by atoms with van der Waals surface area (Å²) >= 11 is 0. The predicted octanol–water partition coefficient (Wildman–Crippen LogP) is 3.78. The number of anilines is 1. The van der Waals surface area contributed by atoms with E-state index in [9.17, 15) is 4.79 Å². The lowest BCUT2D eigenvalue weighted by atomic mass is 10.1. The zero-order valence-corrected chi connectivity index (χ0v) is 14.6. The molecule has 0 aliphatic rings. The summed E-state index contributed by atoms with van der Waals surface area (Å²) in [6, 6.07) is 14.3. The third-order valence-electron chi connectivity index (χ3n) is 4.21. The first-order chi connectivity index (χ1) is 11.4. The van der Waals surface area contributed by atoms with E-state index in [1.165, 1.54) is 11.1 Å². The molecule has 1 heterocycles. The molecule has 0 fully saturated rings. The molecule has 4 nitrogen and oxygen atoms in total. The standard InChI is InChI=1S/C20H23N3O/c1-13-8-14(2)17-11-19(22-18(17)9-13)20(24)21-12-15-6-5-7-16(10-15)23(3)4/h5-11,22H,12H2,1-4H3,(H,21,24). The van der Waals surface area contributed by atoms with Crippen LogP contribution in [0.2, 0.25) is 0 Å². The number of aromatic nitrogens is 1. The molecule has 0 atom stereocenters. The molecule has 0 spiro atoms. The molecule has 0 unspecified atom stereocenters. The average Bonchev–Trinajstić information content (AvgIpc) is 2.97. The van der Waals surface area contributed by atoms with Crippen molar-refractivity contribution in [1.82, 2.24) is 10.3 Å². The first kappa shape index (κ1) is 16.1. The summed E-state index contributed by atoms with van der Waals surface area (Å²) < 4.78 is 0. The molecule has 1 aromatic heterocycles. The Kier molecular flexibility index (Phi) is 4.30. The van der Waals surface area contributed by atoms with Gasteiger partial charge in [-0.1, -0.05) is 18.2 Å². The Morgan fingerprint density at radius 2 is 1.92 bits per heavy atom. The van der Waals surface area contributed by atoms with Gasteiger partial charge in [0.05, 0.1) is 0 Å². The summed E-state index contributed by atoms with van der Waals surface area (Å²) in [5.41, 5.74) is 6.18. The lowest BCUT2D eigenvalue weighted by molar-refractivity contribution is 0.0947. The SMILES string of the molecule is Cc1cc(C)c2cc(C(=O)NCc3cccc(N(C)C)c3)[nH]c2c1. The number of H-pyrrole nitrogens is 1. The Bertz CT molecular complexity index is 893. The van der Waals surface area contributed by atoms with Crippen molar-refractivity contribution in [2.75, 3.05) is 19.0 Å². The molecular formula is C20H23N3O. The first-order valence-electron chi connectivity index (χ1n) is 8.08. The topological polar surface area (TPSA) is 48.1 Å². The van der Waals surface area contributed by atoms with Crippen molar-refractivity contribution in [1.29, 1.82) is 0 Å². The maximum Gasteiger partial charge on any atom is 0.267 e. The van der Waals surface area contributed by atoms with Crippen LogP contribution in [0, 0.1) is 13.8 Å². The van der Waals surface area contributed by atoms with Crippen molar-refractivity contribution in [3.63, 3.8) is 0 Å². The first-order valence-corrected chi connectivity index (χ1v) is 8.08. The molecule has 3 aromatic rings. The second kappa shape index (κ2) is 6.40. The number of nitrogens with one attached hydrogen (secondary N) is 2. The van der Waals surface area contributed by atoms with Crippen LogP contribution in [0.5, 0.6) is 0 Å². The third kappa shape index (κ3) is 3.27. The summed E-state index contributed by atoms with van der Waals surface area (Å²) in [5, 5.41) is 4.09. The average molecular weight is 321 g/mol. The normalized spacial score (nSPS) is 10.8. The van der Waals surface area contributed by atoms with Crippen molar-refractivity contribution in [2.45, 2.75) is 20.4 Å². The van der Waals surface area contributed by atoms with Crippen molar-refractivity contribution < 1.29 is 4.79 Å². The van der Waals surface area contributed by atoms with Gasteiger partial charge in [0.15, 0.2) is 0 Å². The monoisotopic (exact) mass is 321 g/mol. The highest BCUT2D eigenvalue weighted by molar-refractivity contribution is 5.98. The molecule has 2 aromatic carbocycles. The third-order valence-corrected chi connectivity index (χ3v) is 4.21. The highest BCUT2D eigenvalue weighted by Gasteiger charge is 2.11. The zero-order chi connectivity index (χ0) is 17.3. The van der Waals surface area contributed by atoms with Crippen LogP contribution in [0.15, 0.2) is 42.5 Å². The Balaban J connectivity index is 1.76. The Morgan fingerprint density at radius 3 is 2.67 bits per heavy atom. The van der Waals surface area contributed by atoms with E-state index in [0.29, 0.717) is 12.2 Å². The van der Waals surface area contributed by atoms with Crippen LogP contribution in [0.25, 0.3) is 10.9 Å². The van der Waals surface area contributed by atoms with E-state index in [0.717, 1.165) is 22.2 Å². The predicted molar refractivity (Wildman–Crippen MR) is 99.7 cm³/mol. The largest absolute Gasteiger partial charge is 0.378 e. The van der Waals surface area contributed by atoms with Gasteiger partial charge in [0.2, 0.25) is 0 Å². The fourth-order valence-corrected chi connectivity index (χ4v) is 2.94. The summed E-state index contributed by atoms with van der Waals surface area (Å²) in [6.45, 7) is 4.64. The molecule has 0 bridgehead atoms. The summed E-state index contributed by atoms with van der Waals surface area (Å²) in [6.07, 6.45) is 0. The van der Waals surface area contributed by atoms with E-state index in [4.69, 9.17) is 0 Å². The Morgan fingerprint density at radius 1 is 1.12 bits per heavy atom. The van der Waals surface area contributed by atoms with E-state index >= 15 is 0 Å². The fourth-order valence-electron chi connectivity index (χ4n) is 2.94. The van der Waals surface area contributed by atoms with Gasteiger partial charge < -0.3 is 15.2 Å². The number of aromatic amines is 1. The molecule has 0 aliphatic heterocycles. The van der Waals surface area contributed by atoms with Crippen LogP contribution in [-0.2, 0) is 6.54 Å².